The number of nitrogens with zero attached hydrogens (tertiary/aromatic N) is 2. The van der Waals surface area contributed by atoms with Crippen LogP contribution in [0.5, 0.6) is 0 Å². The number of carbonyl (C=O) groups excluding carboxylic acids is 1. The predicted octanol–water partition coefficient (Wildman–Crippen LogP) is 2.64. The minimum atomic E-state index is -0.477. The summed E-state index contributed by atoms with van der Waals surface area (Å²) in [6, 6.07) is 5.37. The second-order valence-electron chi connectivity index (χ2n) is 4.12. The highest BCUT2D eigenvalue weighted by Crippen LogP contribution is 2.18. The van der Waals surface area contributed by atoms with Gasteiger partial charge in [0.1, 0.15) is 16.8 Å². The van der Waals surface area contributed by atoms with E-state index in [1.807, 2.05) is 0 Å². The van der Waals surface area contributed by atoms with E-state index in [2.05, 4.69) is 20.8 Å². The molecule has 2 aromatic rings. The summed E-state index contributed by atoms with van der Waals surface area (Å²) < 4.78 is 13.0. The average Bonchev–Trinajstić information content (AvgIpc) is 2.40. The third-order valence-electron chi connectivity index (χ3n) is 2.58. The number of hydrogen-bond acceptors (Lipinski definition) is 4. The zero-order valence-corrected chi connectivity index (χ0v) is 11.6. The number of amides is 1. The fraction of sp³-hybridized carbons (Fsp3) is 0.154. The van der Waals surface area contributed by atoms with Crippen LogP contribution in [0.2, 0.25) is 5.15 Å². The average molecular weight is 295 g/mol. The van der Waals surface area contributed by atoms with Crippen LogP contribution in [0.4, 0.5) is 10.2 Å². The maximum absolute atomic E-state index is 13.0. The third kappa shape index (κ3) is 3.21. The van der Waals surface area contributed by atoms with Gasteiger partial charge in [-0.1, -0.05) is 17.7 Å². The first-order valence-corrected chi connectivity index (χ1v) is 6.18. The Morgan fingerprint density at radius 3 is 2.75 bits per heavy atom. The maximum atomic E-state index is 13.0. The van der Waals surface area contributed by atoms with Gasteiger partial charge in [0.2, 0.25) is 0 Å². The molecule has 0 aliphatic rings. The number of rotatable bonds is 3. The number of benzene rings is 1. The van der Waals surface area contributed by atoms with Crippen molar-refractivity contribution >= 4 is 23.3 Å². The van der Waals surface area contributed by atoms with Crippen molar-refractivity contribution < 1.29 is 9.18 Å². The lowest BCUT2D eigenvalue weighted by molar-refractivity contribution is 0.0962. The molecule has 0 aliphatic heterocycles. The molecule has 1 amide bonds. The number of hydrogen-bond donors (Lipinski definition) is 2. The van der Waals surface area contributed by atoms with Crippen molar-refractivity contribution in [3.63, 3.8) is 0 Å². The molecule has 104 valence electrons. The lowest BCUT2D eigenvalue weighted by atomic mass is 10.2. The van der Waals surface area contributed by atoms with Crippen LogP contribution in [0.25, 0.3) is 0 Å². The smallest absolute Gasteiger partial charge is 0.269 e. The highest BCUT2D eigenvalue weighted by Gasteiger charge is 2.10. The van der Waals surface area contributed by atoms with Crippen molar-refractivity contribution in [1.29, 1.82) is 0 Å². The van der Waals surface area contributed by atoms with Crippen LogP contribution in [-0.2, 0) is 0 Å². The second kappa shape index (κ2) is 5.83. The third-order valence-corrected chi connectivity index (χ3v) is 2.95. The number of anilines is 1. The van der Waals surface area contributed by atoms with Gasteiger partial charge in [0.05, 0.1) is 0 Å². The first kappa shape index (κ1) is 14.2. The van der Waals surface area contributed by atoms with Crippen LogP contribution in [0.1, 0.15) is 21.7 Å². The number of aryl methyl sites for hydroxylation is 1. The van der Waals surface area contributed by atoms with E-state index in [0.717, 1.165) is 6.07 Å². The highest BCUT2D eigenvalue weighted by molar-refractivity contribution is 6.30. The fourth-order valence-corrected chi connectivity index (χ4v) is 1.75. The van der Waals surface area contributed by atoms with E-state index >= 15 is 0 Å². The fourth-order valence-electron chi connectivity index (χ4n) is 1.53. The second-order valence-corrected chi connectivity index (χ2v) is 4.48. The van der Waals surface area contributed by atoms with Gasteiger partial charge in [0.25, 0.3) is 5.91 Å². The van der Waals surface area contributed by atoms with Crippen molar-refractivity contribution in [1.82, 2.24) is 15.4 Å². The maximum Gasteiger partial charge on any atom is 0.269 e. The van der Waals surface area contributed by atoms with Crippen molar-refractivity contribution in [2.24, 2.45) is 0 Å². The van der Waals surface area contributed by atoms with Crippen LogP contribution in [0, 0.1) is 19.7 Å². The molecule has 0 saturated carbocycles. The molecular weight excluding hydrogens is 283 g/mol. The van der Waals surface area contributed by atoms with Gasteiger partial charge < -0.3 is 0 Å². The van der Waals surface area contributed by atoms with E-state index < -0.39 is 11.7 Å². The van der Waals surface area contributed by atoms with Gasteiger partial charge >= 0.3 is 0 Å². The van der Waals surface area contributed by atoms with Crippen LogP contribution < -0.4 is 10.9 Å². The van der Waals surface area contributed by atoms with Crippen LogP contribution in [0.15, 0.2) is 24.3 Å². The van der Waals surface area contributed by atoms with E-state index in [1.54, 1.807) is 13.8 Å². The van der Waals surface area contributed by atoms with Crippen LogP contribution in [-0.4, -0.2) is 15.9 Å². The van der Waals surface area contributed by atoms with Gasteiger partial charge in [0, 0.05) is 11.1 Å². The van der Waals surface area contributed by atoms with Gasteiger partial charge in [-0.15, -0.1) is 0 Å². The Hall–Kier alpha value is -2.21. The van der Waals surface area contributed by atoms with Gasteiger partial charge in [-0.05, 0) is 32.0 Å². The molecular formula is C13H12ClFN4O. The largest absolute Gasteiger partial charge is 0.281 e. The quantitative estimate of drug-likeness (QED) is 0.674. The van der Waals surface area contributed by atoms with Gasteiger partial charge in [-0.3, -0.25) is 15.6 Å². The molecule has 0 aliphatic carbocycles. The molecule has 2 rings (SSSR count). The molecule has 0 fully saturated rings. The van der Waals surface area contributed by atoms with Crippen molar-refractivity contribution in [3.8, 4) is 0 Å². The molecule has 0 atom stereocenters. The minimum Gasteiger partial charge on any atom is -0.281 e. The first-order valence-electron chi connectivity index (χ1n) is 5.80. The molecule has 20 heavy (non-hydrogen) atoms. The van der Waals surface area contributed by atoms with Crippen LogP contribution in [0.3, 0.4) is 0 Å². The molecule has 1 aromatic carbocycles. The SMILES string of the molecule is Cc1nc(Cl)c(C)c(NNC(=O)c2cccc(F)c2)n1. The summed E-state index contributed by atoms with van der Waals surface area (Å²) in [6.45, 7) is 3.41. The van der Waals surface area contributed by atoms with Crippen molar-refractivity contribution in [2.75, 3.05) is 5.43 Å². The van der Waals surface area contributed by atoms with E-state index in [0.29, 0.717) is 22.4 Å². The van der Waals surface area contributed by atoms with Crippen molar-refractivity contribution in [3.05, 3.63) is 52.2 Å². The number of halogens is 2. The van der Waals surface area contributed by atoms with Crippen LogP contribution >= 0.6 is 11.6 Å². The molecule has 0 unspecified atom stereocenters. The lowest BCUT2D eigenvalue weighted by Gasteiger charge is -2.11. The minimum absolute atomic E-state index is 0.201. The molecule has 2 N–H and O–H groups in total. The Kier molecular flexibility index (Phi) is 4.14. The van der Waals surface area contributed by atoms with Gasteiger partial charge in [0.15, 0.2) is 5.82 Å². The molecule has 0 radical (unpaired) electrons. The van der Waals surface area contributed by atoms with E-state index in [9.17, 15) is 9.18 Å². The number of nitrogens with one attached hydrogen (secondary N) is 2. The predicted molar refractivity (Wildman–Crippen MR) is 74.0 cm³/mol. The Labute approximate surface area is 120 Å². The summed E-state index contributed by atoms with van der Waals surface area (Å²) in [6.07, 6.45) is 0. The molecule has 5 nitrogen and oxygen atoms in total. The zero-order chi connectivity index (χ0) is 14.7. The van der Waals surface area contributed by atoms with Gasteiger partial charge in [-0.2, -0.15) is 0 Å². The molecule has 7 heteroatoms. The normalized spacial score (nSPS) is 10.2. The summed E-state index contributed by atoms with van der Waals surface area (Å²) in [5.41, 5.74) is 5.90. The van der Waals surface area contributed by atoms with E-state index in [1.165, 1.54) is 18.2 Å². The Morgan fingerprint density at radius 1 is 1.30 bits per heavy atom. The summed E-state index contributed by atoms with van der Waals surface area (Å²) in [5.74, 6) is -0.0820. The zero-order valence-electron chi connectivity index (χ0n) is 10.9. The number of hydrazine groups is 1. The number of carbonyl (C=O) groups is 1. The molecule has 1 aromatic heterocycles. The Bertz CT molecular complexity index is 663. The van der Waals surface area contributed by atoms with E-state index in [-0.39, 0.29) is 5.56 Å². The molecule has 0 saturated heterocycles. The van der Waals surface area contributed by atoms with Gasteiger partial charge in [-0.25, -0.2) is 14.4 Å². The molecule has 0 spiro atoms. The highest BCUT2D eigenvalue weighted by atomic mass is 35.5. The molecule has 0 bridgehead atoms. The number of aromatic nitrogens is 2. The standard InChI is InChI=1S/C13H12ClFN4O/c1-7-11(14)16-8(2)17-12(7)18-19-13(20)9-4-3-5-10(15)6-9/h3-6H,1-2H3,(H,19,20)(H,16,17,18). The Morgan fingerprint density at radius 2 is 2.05 bits per heavy atom. The summed E-state index contributed by atoms with van der Waals surface area (Å²) in [7, 11) is 0. The Balaban J connectivity index is 2.11. The summed E-state index contributed by atoms with van der Waals surface area (Å²) in [5, 5.41) is 0.306. The first-order chi connectivity index (χ1) is 9.47. The van der Waals surface area contributed by atoms with E-state index in [4.69, 9.17) is 11.6 Å². The monoisotopic (exact) mass is 294 g/mol. The van der Waals surface area contributed by atoms with Crippen molar-refractivity contribution in [2.45, 2.75) is 13.8 Å². The summed E-state index contributed by atoms with van der Waals surface area (Å²) >= 11 is 5.92. The topological polar surface area (TPSA) is 66.9 Å². The lowest BCUT2D eigenvalue weighted by Crippen LogP contribution is -2.30. The summed E-state index contributed by atoms with van der Waals surface area (Å²) in [4.78, 5) is 19.9. The molecule has 1 heterocycles.